The van der Waals surface area contributed by atoms with Gasteiger partial charge >= 0.3 is 0 Å². The van der Waals surface area contributed by atoms with Crippen LogP contribution >= 0.6 is 10.7 Å². The van der Waals surface area contributed by atoms with Crippen LogP contribution in [0.2, 0.25) is 0 Å². The van der Waals surface area contributed by atoms with Crippen LogP contribution < -0.4 is 0 Å². The van der Waals surface area contributed by atoms with Crippen LogP contribution in [0.1, 0.15) is 46.6 Å². The molecule has 0 atom stereocenters. The largest absolute Gasteiger partial charge is 0.261 e. The molecular formula is C14H21ClO2S. The molecule has 102 valence electrons. The minimum absolute atomic E-state index is 0.118. The molecule has 4 heteroatoms. The smallest absolute Gasteiger partial charge is 0.207 e. The van der Waals surface area contributed by atoms with Gasteiger partial charge < -0.3 is 0 Å². The second-order valence-corrected chi connectivity index (χ2v) is 9.09. The summed E-state index contributed by atoms with van der Waals surface area (Å²) in [7, 11) is 1.81. The molecule has 18 heavy (non-hydrogen) atoms. The van der Waals surface area contributed by atoms with Gasteiger partial charge in [-0.05, 0) is 28.9 Å². The fraction of sp³-hybridized carbons (Fsp3) is 0.571. The Morgan fingerprint density at radius 2 is 1.56 bits per heavy atom. The van der Waals surface area contributed by atoms with Gasteiger partial charge in [0.15, 0.2) is 0 Å². The average molecular weight is 289 g/mol. The zero-order valence-corrected chi connectivity index (χ0v) is 13.2. The van der Waals surface area contributed by atoms with Crippen molar-refractivity contribution >= 4 is 19.7 Å². The predicted molar refractivity (Wildman–Crippen MR) is 76.6 cm³/mol. The van der Waals surface area contributed by atoms with Gasteiger partial charge in [0, 0.05) is 10.7 Å². The van der Waals surface area contributed by atoms with Crippen LogP contribution in [-0.4, -0.2) is 8.42 Å². The number of hydrogen-bond donors (Lipinski definition) is 0. The molecule has 0 spiro atoms. The van der Waals surface area contributed by atoms with Crippen molar-refractivity contribution in [3.63, 3.8) is 0 Å². The fourth-order valence-corrected chi connectivity index (χ4v) is 3.91. The number of rotatable bonds is 3. The first kappa shape index (κ1) is 15.5. The first-order chi connectivity index (χ1) is 7.93. The van der Waals surface area contributed by atoms with Gasteiger partial charge in [0.25, 0.3) is 9.05 Å². The molecule has 0 radical (unpaired) electrons. The van der Waals surface area contributed by atoms with Crippen LogP contribution in [0.5, 0.6) is 0 Å². The summed E-state index contributed by atoms with van der Waals surface area (Å²) in [5.74, 6) is 0. The lowest BCUT2D eigenvalue weighted by molar-refractivity contribution is 0.281. The second-order valence-electron chi connectivity index (χ2n) is 6.56. The van der Waals surface area contributed by atoms with Crippen LogP contribution in [0.25, 0.3) is 0 Å². The van der Waals surface area contributed by atoms with E-state index in [1.165, 1.54) is 0 Å². The van der Waals surface area contributed by atoms with Gasteiger partial charge in [0.05, 0.1) is 4.90 Å². The summed E-state index contributed by atoms with van der Waals surface area (Å²) in [6.45, 7) is 10.5. The lowest BCUT2D eigenvalue weighted by Crippen LogP contribution is -2.26. The van der Waals surface area contributed by atoms with Crippen molar-refractivity contribution in [1.29, 1.82) is 0 Å². The lowest BCUT2D eigenvalue weighted by Gasteiger charge is -2.33. The van der Waals surface area contributed by atoms with Crippen molar-refractivity contribution in [2.24, 2.45) is 5.41 Å². The minimum Gasteiger partial charge on any atom is -0.207 e. The monoisotopic (exact) mass is 288 g/mol. The maximum absolute atomic E-state index is 11.6. The van der Waals surface area contributed by atoms with Crippen molar-refractivity contribution in [3.05, 3.63) is 29.8 Å². The molecular weight excluding hydrogens is 268 g/mol. The molecule has 0 N–H and O–H groups in total. The molecule has 0 amide bonds. The van der Waals surface area contributed by atoms with Gasteiger partial charge in [0.1, 0.15) is 0 Å². The van der Waals surface area contributed by atoms with Crippen LogP contribution in [0.3, 0.4) is 0 Å². The highest BCUT2D eigenvalue weighted by atomic mass is 35.7. The normalized spacial score (nSPS) is 13.7. The summed E-state index contributed by atoms with van der Waals surface area (Å²) in [5, 5.41) is 0. The summed E-state index contributed by atoms with van der Waals surface area (Å²) in [5.41, 5.74) is 0.665. The van der Waals surface area contributed by atoms with E-state index in [-0.39, 0.29) is 15.7 Å². The highest BCUT2D eigenvalue weighted by Gasteiger charge is 2.31. The van der Waals surface area contributed by atoms with Crippen molar-refractivity contribution in [1.82, 2.24) is 0 Å². The summed E-state index contributed by atoms with van der Waals surface area (Å²) in [6, 6.07) is 6.97. The molecule has 1 aromatic carbocycles. The topological polar surface area (TPSA) is 34.1 Å². The van der Waals surface area contributed by atoms with E-state index >= 15 is 0 Å². The standard InChI is InChI=1S/C14H21ClO2S/c1-13(2,3)10-14(4,5)11-8-6-7-9-12(11)18(15,16)17/h6-9H,10H2,1-5H3. The molecule has 0 saturated heterocycles. The Bertz CT molecular complexity index is 525. The lowest BCUT2D eigenvalue weighted by atomic mass is 9.72. The Kier molecular flexibility index (Phi) is 4.19. The van der Waals surface area contributed by atoms with Gasteiger partial charge in [-0.1, -0.05) is 52.8 Å². The summed E-state index contributed by atoms with van der Waals surface area (Å²) in [4.78, 5) is 0.223. The summed E-state index contributed by atoms with van der Waals surface area (Å²) < 4.78 is 23.3. The molecule has 0 saturated carbocycles. The zero-order valence-electron chi connectivity index (χ0n) is 11.6. The third kappa shape index (κ3) is 3.99. The third-order valence-electron chi connectivity index (χ3n) is 2.85. The predicted octanol–water partition coefficient (Wildman–Crippen LogP) is 4.33. The summed E-state index contributed by atoms with van der Waals surface area (Å²) >= 11 is 0. The second kappa shape index (κ2) is 4.86. The first-order valence-electron chi connectivity index (χ1n) is 5.98. The van der Waals surface area contributed by atoms with Crippen molar-refractivity contribution in [2.75, 3.05) is 0 Å². The van der Waals surface area contributed by atoms with Gasteiger partial charge in [-0.25, -0.2) is 8.42 Å². The van der Waals surface area contributed by atoms with Gasteiger partial charge in [0.2, 0.25) is 0 Å². The van der Waals surface area contributed by atoms with E-state index in [1.54, 1.807) is 12.1 Å². The van der Waals surface area contributed by atoms with E-state index in [1.807, 2.05) is 12.1 Å². The van der Waals surface area contributed by atoms with Crippen LogP contribution in [0.15, 0.2) is 29.2 Å². The molecule has 0 bridgehead atoms. The minimum atomic E-state index is -3.70. The maximum atomic E-state index is 11.6. The Balaban J connectivity index is 3.34. The highest BCUT2D eigenvalue weighted by Crippen LogP contribution is 2.39. The quantitative estimate of drug-likeness (QED) is 0.776. The van der Waals surface area contributed by atoms with E-state index < -0.39 is 9.05 Å². The van der Waals surface area contributed by atoms with Gasteiger partial charge in [-0.15, -0.1) is 0 Å². The van der Waals surface area contributed by atoms with E-state index in [2.05, 4.69) is 34.6 Å². The molecule has 0 aliphatic carbocycles. The highest BCUT2D eigenvalue weighted by molar-refractivity contribution is 8.13. The van der Waals surface area contributed by atoms with Crippen molar-refractivity contribution < 1.29 is 8.42 Å². The van der Waals surface area contributed by atoms with E-state index in [0.717, 1.165) is 12.0 Å². The van der Waals surface area contributed by atoms with Crippen LogP contribution in [-0.2, 0) is 14.5 Å². The SMILES string of the molecule is CC(C)(C)CC(C)(C)c1ccccc1S(=O)(=O)Cl. The first-order valence-corrected chi connectivity index (χ1v) is 8.29. The molecule has 2 nitrogen and oxygen atoms in total. The zero-order chi connectivity index (χ0) is 14.2. The van der Waals surface area contributed by atoms with Gasteiger partial charge in [-0.3, -0.25) is 0 Å². The van der Waals surface area contributed by atoms with E-state index in [9.17, 15) is 8.42 Å². The molecule has 0 aliphatic rings. The molecule has 0 unspecified atom stereocenters. The number of benzene rings is 1. The molecule has 0 fully saturated rings. The van der Waals surface area contributed by atoms with Crippen molar-refractivity contribution in [3.8, 4) is 0 Å². The molecule has 1 rings (SSSR count). The Morgan fingerprint density at radius 3 is 2.00 bits per heavy atom. The Labute approximate surface area is 115 Å². The van der Waals surface area contributed by atoms with Crippen molar-refractivity contribution in [2.45, 2.75) is 51.3 Å². The van der Waals surface area contributed by atoms with E-state index in [0.29, 0.717) is 0 Å². The average Bonchev–Trinajstić information content (AvgIpc) is 2.12. The van der Waals surface area contributed by atoms with E-state index in [4.69, 9.17) is 10.7 Å². The van der Waals surface area contributed by atoms with Crippen LogP contribution in [0.4, 0.5) is 0 Å². The Morgan fingerprint density at radius 1 is 1.06 bits per heavy atom. The Hall–Kier alpha value is -0.540. The van der Waals surface area contributed by atoms with Gasteiger partial charge in [-0.2, -0.15) is 0 Å². The maximum Gasteiger partial charge on any atom is 0.261 e. The third-order valence-corrected chi connectivity index (χ3v) is 4.23. The number of hydrogen-bond acceptors (Lipinski definition) is 2. The van der Waals surface area contributed by atoms with Crippen LogP contribution in [0, 0.1) is 5.41 Å². The molecule has 0 heterocycles. The molecule has 0 aromatic heterocycles. The fourth-order valence-electron chi connectivity index (χ4n) is 2.66. The number of halogens is 1. The molecule has 1 aromatic rings. The summed E-state index contributed by atoms with van der Waals surface area (Å²) in [6.07, 6.45) is 0.878. The molecule has 0 aliphatic heterocycles.